The van der Waals surface area contributed by atoms with E-state index in [1.165, 1.54) is 0 Å². The zero-order valence-electron chi connectivity index (χ0n) is 22.3. The number of rotatable bonds is 8. The van der Waals surface area contributed by atoms with Gasteiger partial charge in [-0.05, 0) is 67.1 Å². The number of hydrogen-bond donors (Lipinski definition) is 6. The van der Waals surface area contributed by atoms with Gasteiger partial charge in [0.05, 0.1) is 6.10 Å². The smallest absolute Gasteiger partial charge is 0.472 e. The molecule has 0 bridgehead atoms. The van der Waals surface area contributed by atoms with Crippen LogP contribution in [0.1, 0.15) is 78.6 Å². The van der Waals surface area contributed by atoms with Gasteiger partial charge in [-0.1, -0.05) is 20.8 Å². The predicted molar refractivity (Wildman–Crippen MR) is 132 cm³/mol. The number of alkyl halides is 2. The van der Waals surface area contributed by atoms with Crippen LogP contribution in [0.3, 0.4) is 0 Å². The lowest BCUT2D eigenvalue weighted by molar-refractivity contribution is -0.289. The Hall–Kier alpha value is -0.490. The molecular formula is C24H40F2O11P2. The van der Waals surface area contributed by atoms with Crippen LogP contribution in [0.2, 0.25) is 0 Å². The van der Waals surface area contributed by atoms with Gasteiger partial charge in [0.25, 0.3) is 0 Å². The van der Waals surface area contributed by atoms with E-state index >= 15 is 4.39 Å². The summed E-state index contributed by atoms with van der Waals surface area (Å²) in [6, 6.07) is 0. The molecular weight excluding hydrogens is 564 g/mol. The number of hydrogen-bond acceptors (Lipinski definition) is 6. The fraction of sp³-hybridized carbons (Fsp3) is 0.958. The van der Waals surface area contributed by atoms with E-state index in [9.17, 15) is 48.1 Å². The fourth-order valence-electron chi connectivity index (χ4n) is 9.20. The summed E-state index contributed by atoms with van der Waals surface area (Å²) in [5.74, 6) is -10.5. The highest BCUT2D eigenvalue weighted by Gasteiger charge is 2.72. The predicted octanol–water partition coefficient (Wildman–Crippen LogP) is 4.28. The van der Waals surface area contributed by atoms with Gasteiger partial charge in [0.2, 0.25) is 11.7 Å². The Labute approximate surface area is 226 Å². The normalized spacial score (nSPS) is 47.1. The standard InChI is InChI=1S/C24H40F2O11P2/c1-13(4-7-19(27)28)15-5-6-16-20-17(10-18(22(15,16)3)36-38(30,31)32)21(2)8-9-23(25,29)11-14(21)12-24(20,26)37-39(33,34)35/h13-18,20,29H,4-12H2,1-3H3,(H,27,28)(H2,30,31,32)(H2,33,34,35). The Balaban J connectivity index is 1.83. The summed E-state index contributed by atoms with van der Waals surface area (Å²) < 4.78 is 66.3. The number of carbonyl (C=O) groups is 1. The van der Waals surface area contributed by atoms with Crippen molar-refractivity contribution in [1.82, 2.24) is 0 Å². The SMILES string of the molecule is CC(CCC(=O)O)C1CCC2C3C(CC(OP(=O)(O)O)C12C)C1(C)CCC(O)(F)CC1CC3(F)OP(=O)(O)O. The van der Waals surface area contributed by atoms with Crippen molar-refractivity contribution in [2.24, 2.45) is 46.3 Å². The van der Waals surface area contributed by atoms with E-state index in [4.69, 9.17) is 9.05 Å². The third-order valence-corrected chi connectivity index (χ3v) is 11.9. The van der Waals surface area contributed by atoms with Crippen molar-refractivity contribution in [2.45, 2.75) is 96.4 Å². The summed E-state index contributed by atoms with van der Waals surface area (Å²) in [4.78, 5) is 50.3. The highest BCUT2D eigenvalue weighted by Crippen LogP contribution is 2.74. The molecule has 39 heavy (non-hydrogen) atoms. The van der Waals surface area contributed by atoms with Gasteiger partial charge in [-0.2, -0.15) is 0 Å². The summed E-state index contributed by atoms with van der Waals surface area (Å²) in [6.45, 7) is 5.37. The maximum Gasteiger partial charge on any atom is 0.472 e. The van der Waals surface area contributed by atoms with Crippen molar-refractivity contribution in [3.63, 3.8) is 0 Å². The van der Waals surface area contributed by atoms with Crippen LogP contribution in [-0.2, 0) is 23.0 Å². The maximum absolute atomic E-state index is 17.1. The van der Waals surface area contributed by atoms with E-state index < -0.39 is 86.8 Å². The van der Waals surface area contributed by atoms with Crippen molar-refractivity contribution in [1.29, 1.82) is 0 Å². The van der Waals surface area contributed by atoms with Gasteiger partial charge < -0.3 is 29.8 Å². The Bertz CT molecular complexity index is 1060. The molecule has 4 aliphatic rings. The third-order valence-electron chi connectivity index (χ3n) is 10.9. The molecule has 4 rings (SSSR count). The molecule has 0 heterocycles. The lowest BCUT2D eigenvalue weighted by Crippen LogP contribution is -2.66. The zero-order chi connectivity index (χ0) is 29.4. The Kier molecular flexibility index (Phi) is 8.11. The minimum absolute atomic E-state index is 0.0845. The van der Waals surface area contributed by atoms with Crippen LogP contribution >= 0.6 is 15.6 Å². The van der Waals surface area contributed by atoms with Crippen LogP contribution < -0.4 is 0 Å². The topological polar surface area (TPSA) is 191 Å². The van der Waals surface area contributed by atoms with Crippen molar-refractivity contribution >= 4 is 21.6 Å². The highest BCUT2D eigenvalue weighted by atomic mass is 31.2. The number of phosphoric ester groups is 2. The monoisotopic (exact) mass is 604 g/mol. The first kappa shape index (κ1) is 31.4. The molecule has 0 saturated heterocycles. The van der Waals surface area contributed by atoms with Crippen molar-refractivity contribution in [2.75, 3.05) is 0 Å². The molecule has 226 valence electrons. The molecule has 6 N–H and O–H groups in total. The van der Waals surface area contributed by atoms with E-state index in [0.29, 0.717) is 12.8 Å². The minimum Gasteiger partial charge on any atom is -0.481 e. The molecule has 0 aromatic heterocycles. The van der Waals surface area contributed by atoms with Crippen LogP contribution in [-0.4, -0.2) is 53.6 Å². The number of carboxylic acids is 1. The second-order valence-electron chi connectivity index (χ2n) is 12.9. The second kappa shape index (κ2) is 10.1. The van der Waals surface area contributed by atoms with Gasteiger partial charge in [-0.25, -0.2) is 22.4 Å². The Morgan fingerprint density at radius 3 is 2.23 bits per heavy atom. The zero-order valence-corrected chi connectivity index (χ0v) is 24.1. The quantitative estimate of drug-likeness (QED) is 0.217. The van der Waals surface area contributed by atoms with Gasteiger partial charge in [-0.15, -0.1) is 0 Å². The van der Waals surface area contributed by atoms with Crippen molar-refractivity contribution < 1.29 is 61.5 Å². The number of aliphatic hydroxyl groups is 1. The first-order chi connectivity index (χ1) is 17.6. The van der Waals surface area contributed by atoms with E-state index in [-0.39, 0.29) is 43.9 Å². The van der Waals surface area contributed by atoms with Crippen LogP contribution in [0.5, 0.6) is 0 Å². The third kappa shape index (κ3) is 5.90. The highest BCUT2D eigenvalue weighted by molar-refractivity contribution is 7.46. The van der Waals surface area contributed by atoms with Crippen LogP contribution in [0.15, 0.2) is 0 Å². The molecule has 15 heteroatoms. The Morgan fingerprint density at radius 1 is 1.03 bits per heavy atom. The molecule has 11 nitrogen and oxygen atoms in total. The van der Waals surface area contributed by atoms with E-state index in [1.807, 2.05) is 6.92 Å². The summed E-state index contributed by atoms with van der Waals surface area (Å²) in [7, 11) is -10.4. The number of aliphatic carboxylic acids is 1. The summed E-state index contributed by atoms with van der Waals surface area (Å²) in [5, 5.41) is 19.4. The van der Waals surface area contributed by atoms with E-state index in [2.05, 4.69) is 0 Å². The lowest BCUT2D eigenvalue weighted by Gasteiger charge is -2.65. The van der Waals surface area contributed by atoms with E-state index in [1.54, 1.807) is 13.8 Å². The maximum atomic E-state index is 17.1. The lowest BCUT2D eigenvalue weighted by atomic mass is 9.42. The van der Waals surface area contributed by atoms with Gasteiger partial charge in [0.15, 0.2) is 0 Å². The van der Waals surface area contributed by atoms with Crippen LogP contribution in [0.4, 0.5) is 8.78 Å². The summed E-state index contributed by atoms with van der Waals surface area (Å²) in [5.41, 5.74) is -1.92. The molecule has 0 aliphatic heterocycles. The van der Waals surface area contributed by atoms with Crippen molar-refractivity contribution in [3.8, 4) is 0 Å². The molecule has 0 spiro atoms. The molecule has 11 atom stereocenters. The molecule has 4 aliphatic carbocycles. The molecule has 4 fully saturated rings. The van der Waals surface area contributed by atoms with Crippen molar-refractivity contribution in [3.05, 3.63) is 0 Å². The number of carboxylic acid groups (broad SMARTS) is 1. The molecule has 0 radical (unpaired) electrons. The van der Waals surface area contributed by atoms with Crippen LogP contribution in [0.25, 0.3) is 0 Å². The fourth-order valence-corrected chi connectivity index (χ4v) is 10.4. The average Bonchev–Trinajstić information content (AvgIpc) is 3.09. The molecule has 0 amide bonds. The average molecular weight is 605 g/mol. The van der Waals surface area contributed by atoms with Gasteiger partial charge >= 0.3 is 21.6 Å². The first-order valence-corrected chi connectivity index (χ1v) is 16.5. The van der Waals surface area contributed by atoms with Gasteiger partial charge in [0, 0.05) is 37.0 Å². The first-order valence-electron chi connectivity index (χ1n) is 13.4. The largest absolute Gasteiger partial charge is 0.481 e. The molecule has 11 unspecified atom stereocenters. The molecule has 4 saturated carbocycles. The summed E-state index contributed by atoms with van der Waals surface area (Å²) in [6.07, 6.45) is -1.37. The van der Waals surface area contributed by atoms with Gasteiger partial charge in [-0.3, -0.25) is 9.32 Å². The molecule has 0 aromatic carbocycles. The summed E-state index contributed by atoms with van der Waals surface area (Å²) >= 11 is 0. The second-order valence-corrected chi connectivity index (χ2v) is 15.3. The Morgan fingerprint density at radius 2 is 1.67 bits per heavy atom. The number of phosphoric acid groups is 2. The minimum atomic E-state index is -5.38. The van der Waals surface area contributed by atoms with E-state index in [0.717, 1.165) is 0 Å². The van der Waals surface area contributed by atoms with Gasteiger partial charge in [0.1, 0.15) is 0 Å². The number of halogens is 2. The van der Waals surface area contributed by atoms with Crippen LogP contribution in [0, 0.1) is 46.3 Å². The number of fused-ring (bicyclic) bond motifs is 5. The molecule has 0 aromatic rings.